The maximum Gasteiger partial charge on any atom is 0.177 e. The van der Waals surface area contributed by atoms with Gasteiger partial charge in [-0.05, 0) is 77.7 Å². The Morgan fingerprint density at radius 2 is 0.705 bits per heavy atom. The number of rotatable bonds is 8. The average Bonchev–Trinajstić information content (AvgIpc) is 3.76. The molecule has 4 heterocycles. The minimum atomic E-state index is 0.301. The van der Waals surface area contributed by atoms with Crippen LogP contribution in [0.3, 0.4) is 0 Å². The third kappa shape index (κ3) is 13.0. The molecule has 0 spiro atoms. The van der Waals surface area contributed by atoms with Gasteiger partial charge in [0.25, 0.3) is 0 Å². The van der Waals surface area contributed by atoms with E-state index in [0.29, 0.717) is 47.8 Å². The molecule has 0 atom stereocenters. The quantitative estimate of drug-likeness (QED) is 0.209. The highest BCUT2D eigenvalue weighted by Gasteiger charge is 2.09. The van der Waals surface area contributed by atoms with E-state index in [0.717, 1.165) is 23.0 Å². The van der Waals surface area contributed by atoms with Crippen molar-refractivity contribution < 1.29 is 0 Å². The highest BCUT2D eigenvalue weighted by Crippen LogP contribution is 2.13. The number of hydrogen-bond donors (Lipinski definition) is 0. The Morgan fingerprint density at radius 3 is 0.841 bits per heavy atom. The van der Waals surface area contributed by atoms with E-state index in [2.05, 4.69) is 135 Å². The lowest BCUT2D eigenvalue weighted by molar-refractivity contribution is 0.452. The number of hydrogen-bond acceptors (Lipinski definition) is 10. The van der Waals surface area contributed by atoms with Crippen LogP contribution in [-0.4, -0.2) is 70.4 Å². The standard InChI is InChI=1S/2C8H15N3.2C7H14N4/c2*1-6(2)8-5-11(7(3)4)10-9-8;2*1-5(2)7-8-10-11(9-7)6(3)4/h2*5-7H,1-4H3;2*5-6H,1-4H3. The maximum absolute atomic E-state index is 4.20. The van der Waals surface area contributed by atoms with Crippen LogP contribution in [0.25, 0.3) is 0 Å². The topological polar surface area (TPSA) is 149 Å². The molecule has 4 aromatic heterocycles. The highest BCUT2D eigenvalue weighted by molar-refractivity contribution is 4.99. The molecule has 0 aliphatic heterocycles. The van der Waals surface area contributed by atoms with Crippen LogP contribution in [0.4, 0.5) is 0 Å². The van der Waals surface area contributed by atoms with Crippen molar-refractivity contribution in [1.82, 2.24) is 70.4 Å². The molecule has 0 unspecified atom stereocenters. The normalized spacial score (nSPS) is 11.5. The van der Waals surface area contributed by atoms with E-state index in [4.69, 9.17) is 0 Å². The van der Waals surface area contributed by atoms with Gasteiger partial charge in [0.05, 0.1) is 23.5 Å². The average molecular weight is 615 g/mol. The van der Waals surface area contributed by atoms with Crippen LogP contribution in [0.1, 0.15) is 182 Å². The molecule has 0 amide bonds. The summed E-state index contributed by atoms with van der Waals surface area (Å²) in [6, 6.07) is 1.43. The van der Waals surface area contributed by atoms with Gasteiger partial charge in [-0.25, -0.2) is 9.36 Å². The van der Waals surface area contributed by atoms with Gasteiger partial charge in [-0.2, -0.15) is 9.59 Å². The summed E-state index contributed by atoms with van der Waals surface area (Å²) in [6.45, 7) is 33.2. The molecule has 44 heavy (non-hydrogen) atoms. The molecule has 14 nitrogen and oxygen atoms in total. The zero-order valence-electron chi connectivity index (χ0n) is 30.0. The van der Waals surface area contributed by atoms with Crippen LogP contribution < -0.4 is 0 Å². The SMILES string of the molecule is CC(C)c1cn(C(C)C)nn1.CC(C)c1cn(C(C)C)nn1.CC(C)c1nnn(C(C)C)n1.CC(C)c1nnn(C(C)C)n1. The predicted molar refractivity (Wildman–Crippen MR) is 174 cm³/mol. The molecule has 0 saturated carbocycles. The van der Waals surface area contributed by atoms with Crippen LogP contribution in [0.15, 0.2) is 12.4 Å². The minimum absolute atomic E-state index is 0.301. The molecule has 14 heteroatoms. The van der Waals surface area contributed by atoms with E-state index in [-0.39, 0.29) is 0 Å². The van der Waals surface area contributed by atoms with Gasteiger partial charge in [-0.3, -0.25) is 0 Å². The van der Waals surface area contributed by atoms with E-state index in [9.17, 15) is 0 Å². The molecule has 4 aromatic rings. The van der Waals surface area contributed by atoms with Crippen molar-refractivity contribution in [2.45, 2.75) is 159 Å². The van der Waals surface area contributed by atoms with Crippen LogP contribution in [0.2, 0.25) is 0 Å². The van der Waals surface area contributed by atoms with Gasteiger partial charge < -0.3 is 0 Å². The molecule has 0 aromatic carbocycles. The van der Waals surface area contributed by atoms with Gasteiger partial charge in [0.15, 0.2) is 11.6 Å². The van der Waals surface area contributed by atoms with Crippen molar-refractivity contribution in [2.75, 3.05) is 0 Å². The van der Waals surface area contributed by atoms with Gasteiger partial charge in [0.2, 0.25) is 0 Å². The summed E-state index contributed by atoms with van der Waals surface area (Å²) in [5.74, 6) is 3.31. The monoisotopic (exact) mass is 614 g/mol. The Kier molecular flexibility index (Phi) is 16.0. The molecule has 0 N–H and O–H groups in total. The molecule has 4 rings (SSSR count). The van der Waals surface area contributed by atoms with Gasteiger partial charge in [0, 0.05) is 36.3 Å². The third-order valence-electron chi connectivity index (χ3n) is 6.14. The third-order valence-corrected chi connectivity index (χ3v) is 6.14. The fraction of sp³-hybridized carbons (Fsp3) is 0.800. The Morgan fingerprint density at radius 1 is 0.386 bits per heavy atom. The van der Waals surface area contributed by atoms with Crippen molar-refractivity contribution in [1.29, 1.82) is 0 Å². The summed E-state index contributed by atoms with van der Waals surface area (Å²) in [5, 5.41) is 40.2. The van der Waals surface area contributed by atoms with Crippen molar-refractivity contribution >= 4 is 0 Å². The molecular formula is C30H58N14. The smallest absolute Gasteiger partial charge is 0.177 e. The Balaban J connectivity index is 0.000000293. The zero-order chi connectivity index (χ0) is 33.7. The summed E-state index contributed by atoms with van der Waals surface area (Å²) >= 11 is 0. The van der Waals surface area contributed by atoms with E-state index in [1.807, 2.05) is 49.5 Å². The fourth-order valence-corrected chi connectivity index (χ4v) is 2.99. The molecule has 0 radical (unpaired) electrons. The lowest BCUT2D eigenvalue weighted by atomic mass is 10.2. The van der Waals surface area contributed by atoms with Gasteiger partial charge >= 0.3 is 0 Å². The van der Waals surface area contributed by atoms with E-state index >= 15 is 0 Å². The summed E-state index contributed by atoms with van der Waals surface area (Å²) in [6.07, 6.45) is 4.02. The number of aromatic nitrogens is 14. The summed E-state index contributed by atoms with van der Waals surface area (Å²) < 4.78 is 3.77. The van der Waals surface area contributed by atoms with E-state index < -0.39 is 0 Å². The Labute approximate surface area is 264 Å². The molecule has 248 valence electrons. The first-order valence-corrected chi connectivity index (χ1v) is 15.9. The summed E-state index contributed by atoms with van der Waals surface area (Å²) in [7, 11) is 0. The second-order valence-corrected chi connectivity index (χ2v) is 13.2. The van der Waals surface area contributed by atoms with Crippen molar-refractivity contribution in [3.05, 3.63) is 35.4 Å². The molecule has 0 bridgehead atoms. The number of nitrogens with zero attached hydrogens (tertiary/aromatic N) is 14. The van der Waals surface area contributed by atoms with E-state index in [1.165, 1.54) is 0 Å². The Bertz CT molecular complexity index is 1010. The molecular weight excluding hydrogens is 556 g/mol. The van der Waals surface area contributed by atoms with Crippen molar-refractivity contribution in [3.8, 4) is 0 Å². The first kappa shape index (κ1) is 38.4. The molecule has 0 aliphatic carbocycles. The first-order valence-electron chi connectivity index (χ1n) is 15.9. The van der Waals surface area contributed by atoms with Crippen LogP contribution in [0, 0.1) is 0 Å². The predicted octanol–water partition coefficient (Wildman–Crippen LogP) is 6.72. The van der Waals surface area contributed by atoms with Crippen LogP contribution in [0.5, 0.6) is 0 Å². The van der Waals surface area contributed by atoms with E-state index in [1.54, 1.807) is 9.59 Å². The van der Waals surface area contributed by atoms with Gasteiger partial charge in [-0.15, -0.1) is 30.6 Å². The lowest BCUT2D eigenvalue weighted by Gasteiger charge is -2.01. The molecule has 0 fully saturated rings. The van der Waals surface area contributed by atoms with Crippen molar-refractivity contribution in [3.63, 3.8) is 0 Å². The minimum Gasteiger partial charge on any atom is -0.250 e. The zero-order valence-corrected chi connectivity index (χ0v) is 30.0. The lowest BCUT2D eigenvalue weighted by Crippen LogP contribution is -2.05. The number of tetrazole rings is 2. The molecule has 0 aliphatic rings. The first-order chi connectivity index (χ1) is 20.4. The summed E-state index contributed by atoms with van der Waals surface area (Å²) in [5.41, 5.74) is 2.14. The second-order valence-electron chi connectivity index (χ2n) is 13.2. The fourth-order valence-electron chi connectivity index (χ4n) is 2.99. The van der Waals surface area contributed by atoms with Gasteiger partial charge in [-0.1, -0.05) is 65.8 Å². The van der Waals surface area contributed by atoms with Gasteiger partial charge in [0.1, 0.15) is 0 Å². The van der Waals surface area contributed by atoms with Crippen LogP contribution >= 0.6 is 0 Å². The maximum atomic E-state index is 4.20. The van der Waals surface area contributed by atoms with Crippen molar-refractivity contribution in [2.24, 2.45) is 0 Å². The highest BCUT2D eigenvalue weighted by atomic mass is 15.6. The Hall–Kier alpha value is -3.58. The largest absolute Gasteiger partial charge is 0.250 e. The van der Waals surface area contributed by atoms with Crippen LogP contribution in [-0.2, 0) is 0 Å². The summed E-state index contributed by atoms with van der Waals surface area (Å²) in [4.78, 5) is 3.27. The molecule has 0 saturated heterocycles. The second kappa shape index (κ2) is 18.3.